The Hall–Kier alpha value is -2.28. The first kappa shape index (κ1) is 14.6. The average Bonchev–Trinajstić information content (AvgIpc) is 3.17. The van der Waals surface area contributed by atoms with Crippen molar-refractivity contribution in [3.8, 4) is 0 Å². The van der Waals surface area contributed by atoms with Gasteiger partial charge in [-0.1, -0.05) is 34.8 Å². The second-order valence-electron chi connectivity index (χ2n) is 5.29. The molecule has 22 heavy (non-hydrogen) atoms. The van der Waals surface area contributed by atoms with Crippen molar-refractivity contribution in [3.63, 3.8) is 0 Å². The number of benzene rings is 1. The lowest BCUT2D eigenvalue weighted by atomic mass is 10.1. The number of amides is 2. The van der Waals surface area contributed by atoms with E-state index in [0.717, 1.165) is 29.9 Å². The second-order valence-corrected chi connectivity index (χ2v) is 5.90. The van der Waals surface area contributed by atoms with Crippen molar-refractivity contribution in [2.24, 2.45) is 0 Å². The molecule has 0 unspecified atom stereocenters. The highest BCUT2D eigenvalue weighted by Gasteiger charge is 2.29. The molecule has 7 heteroatoms. The topological polar surface area (TPSA) is 84.0 Å². The van der Waals surface area contributed by atoms with Crippen LogP contribution in [0.5, 0.6) is 0 Å². The summed E-state index contributed by atoms with van der Waals surface area (Å²) in [6.45, 7) is 0. The molecular weight excluding hydrogens is 300 g/mol. The molecule has 0 bridgehead atoms. The molecule has 3 rings (SSSR count). The highest BCUT2D eigenvalue weighted by atomic mass is 32.1. The number of rotatable bonds is 6. The van der Waals surface area contributed by atoms with E-state index in [4.69, 9.17) is 0 Å². The molecule has 1 aliphatic rings. The number of hydrogen-bond donors (Lipinski definition) is 2. The van der Waals surface area contributed by atoms with Gasteiger partial charge in [0.2, 0.25) is 5.91 Å². The van der Waals surface area contributed by atoms with Crippen LogP contribution >= 0.6 is 11.5 Å². The summed E-state index contributed by atoms with van der Waals surface area (Å²) < 4.78 is 3.67. The first-order valence-corrected chi connectivity index (χ1v) is 7.98. The zero-order valence-corrected chi connectivity index (χ0v) is 12.7. The molecule has 114 valence electrons. The van der Waals surface area contributed by atoms with Gasteiger partial charge in [0.1, 0.15) is 6.04 Å². The van der Waals surface area contributed by atoms with Crippen molar-refractivity contribution in [2.75, 3.05) is 0 Å². The van der Waals surface area contributed by atoms with Gasteiger partial charge in [0.05, 0.1) is 0 Å². The normalized spacial score (nSPS) is 15.1. The van der Waals surface area contributed by atoms with Crippen LogP contribution in [0.15, 0.2) is 35.7 Å². The molecule has 0 saturated heterocycles. The largest absolute Gasteiger partial charge is 0.352 e. The summed E-state index contributed by atoms with van der Waals surface area (Å²) in [6.07, 6.45) is 2.46. The lowest BCUT2D eigenvalue weighted by molar-refractivity contribution is -0.123. The molecule has 1 atom stereocenters. The third-order valence-electron chi connectivity index (χ3n) is 3.42. The van der Waals surface area contributed by atoms with E-state index < -0.39 is 6.04 Å². The summed E-state index contributed by atoms with van der Waals surface area (Å²) in [5, 5.41) is 11.0. The van der Waals surface area contributed by atoms with Crippen LogP contribution in [0.3, 0.4) is 0 Å². The molecule has 1 aromatic heterocycles. The van der Waals surface area contributed by atoms with E-state index in [0.29, 0.717) is 6.42 Å². The fraction of sp³-hybridized carbons (Fsp3) is 0.333. The molecule has 1 heterocycles. The zero-order valence-electron chi connectivity index (χ0n) is 11.9. The third kappa shape index (κ3) is 3.88. The van der Waals surface area contributed by atoms with E-state index in [9.17, 15) is 9.59 Å². The summed E-state index contributed by atoms with van der Waals surface area (Å²) in [4.78, 5) is 24.5. The fourth-order valence-electron chi connectivity index (χ4n) is 2.08. The van der Waals surface area contributed by atoms with Gasteiger partial charge in [-0.3, -0.25) is 9.59 Å². The number of nitrogens with one attached hydrogen (secondary N) is 2. The van der Waals surface area contributed by atoms with Crippen molar-refractivity contribution < 1.29 is 9.59 Å². The average molecular weight is 316 g/mol. The zero-order chi connectivity index (χ0) is 15.4. The standard InChI is InChI=1S/C15H16N4O2S/c20-14(16-11-6-7-11)12(8-10-4-2-1-3-5-10)17-15(21)13-9-22-19-18-13/h1-5,9,11-12H,6-8H2,(H,16,20)(H,17,21)/t12-/m0/s1. The second kappa shape index (κ2) is 6.65. The van der Waals surface area contributed by atoms with Crippen LogP contribution in [-0.4, -0.2) is 33.5 Å². The predicted molar refractivity (Wildman–Crippen MR) is 82.5 cm³/mol. The molecule has 1 saturated carbocycles. The fourth-order valence-corrected chi connectivity index (χ4v) is 2.52. The lowest BCUT2D eigenvalue weighted by Crippen LogP contribution is -2.48. The third-order valence-corrected chi connectivity index (χ3v) is 3.93. The molecule has 0 aliphatic heterocycles. The Balaban J connectivity index is 1.70. The smallest absolute Gasteiger partial charge is 0.273 e. The Kier molecular flexibility index (Phi) is 4.43. The Bertz CT molecular complexity index is 641. The van der Waals surface area contributed by atoms with Crippen molar-refractivity contribution in [1.29, 1.82) is 0 Å². The van der Waals surface area contributed by atoms with E-state index in [1.807, 2.05) is 30.3 Å². The SMILES string of the molecule is O=C(N[C@@H](Cc1ccccc1)C(=O)NC1CC1)c1csnn1. The van der Waals surface area contributed by atoms with Gasteiger partial charge in [0, 0.05) is 17.8 Å². The van der Waals surface area contributed by atoms with Gasteiger partial charge in [-0.05, 0) is 29.9 Å². The Labute approximate surface area is 132 Å². The van der Waals surface area contributed by atoms with Crippen LogP contribution in [0.4, 0.5) is 0 Å². The van der Waals surface area contributed by atoms with Gasteiger partial charge in [0.15, 0.2) is 5.69 Å². The number of carbonyl (C=O) groups is 2. The van der Waals surface area contributed by atoms with Crippen molar-refractivity contribution in [1.82, 2.24) is 20.2 Å². The molecule has 2 aromatic rings. The predicted octanol–water partition coefficient (Wildman–Crippen LogP) is 1.16. The van der Waals surface area contributed by atoms with Crippen molar-refractivity contribution in [3.05, 3.63) is 47.0 Å². The summed E-state index contributed by atoms with van der Waals surface area (Å²) in [7, 11) is 0. The van der Waals surface area contributed by atoms with E-state index in [-0.39, 0.29) is 23.6 Å². The molecule has 0 radical (unpaired) electrons. The van der Waals surface area contributed by atoms with Crippen LogP contribution in [0, 0.1) is 0 Å². The van der Waals surface area contributed by atoms with Crippen LogP contribution in [0.1, 0.15) is 28.9 Å². The highest BCUT2D eigenvalue weighted by Crippen LogP contribution is 2.19. The minimum atomic E-state index is -0.614. The quantitative estimate of drug-likeness (QED) is 0.837. The summed E-state index contributed by atoms with van der Waals surface area (Å²) in [5.74, 6) is -0.525. The first-order chi connectivity index (χ1) is 10.7. The van der Waals surface area contributed by atoms with Gasteiger partial charge in [-0.15, -0.1) is 5.10 Å². The number of carbonyl (C=O) groups excluding carboxylic acids is 2. The Morgan fingerprint density at radius 1 is 1.27 bits per heavy atom. The van der Waals surface area contributed by atoms with Gasteiger partial charge in [0.25, 0.3) is 5.91 Å². The number of nitrogens with zero attached hydrogens (tertiary/aromatic N) is 2. The summed E-state index contributed by atoms with van der Waals surface area (Å²) in [5.41, 5.74) is 1.23. The Morgan fingerprint density at radius 2 is 2.05 bits per heavy atom. The van der Waals surface area contributed by atoms with Gasteiger partial charge in [-0.2, -0.15) is 0 Å². The summed E-state index contributed by atoms with van der Waals surface area (Å²) in [6, 6.07) is 9.26. The van der Waals surface area contributed by atoms with Gasteiger partial charge in [-0.25, -0.2) is 0 Å². The van der Waals surface area contributed by atoms with Crippen LogP contribution in [0.25, 0.3) is 0 Å². The maximum atomic E-state index is 12.3. The minimum absolute atomic E-state index is 0.150. The molecule has 0 spiro atoms. The van der Waals surface area contributed by atoms with Crippen LogP contribution in [0.2, 0.25) is 0 Å². The Morgan fingerprint density at radius 3 is 2.68 bits per heavy atom. The summed E-state index contributed by atoms with van der Waals surface area (Å²) >= 11 is 1.11. The van der Waals surface area contributed by atoms with E-state index >= 15 is 0 Å². The molecule has 6 nitrogen and oxygen atoms in total. The molecule has 1 aliphatic carbocycles. The monoisotopic (exact) mass is 316 g/mol. The van der Waals surface area contributed by atoms with E-state index in [1.165, 1.54) is 0 Å². The maximum Gasteiger partial charge on any atom is 0.273 e. The molecular formula is C15H16N4O2S. The molecule has 1 fully saturated rings. The van der Waals surface area contributed by atoms with Crippen molar-refractivity contribution >= 4 is 23.3 Å². The van der Waals surface area contributed by atoms with Crippen LogP contribution in [-0.2, 0) is 11.2 Å². The van der Waals surface area contributed by atoms with E-state index in [2.05, 4.69) is 20.2 Å². The lowest BCUT2D eigenvalue weighted by Gasteiger charge is -2.18. The molecule has 2 N–H and O–H groups in total. The van der Waals surface area contributed by atoms with Gasteiger partial charge < -0.3 is 10.6 Å². The van der Waals surface area contributed by atoms with E-state index in [1.54, 1.807) is 5.38 Å². The van der Waals surface area contributed by atoms with Crippen molar-refractivity contribution in [2.45, 2.75) is 31.3 Å². The highest BCUT2D eigenvalue weighted by molar-refractivity contribution is 7.03. The maximum absolute atomic E-state index is 12.3. The molecule has 2 amide bonds. The van der Waals surface area contributed by atoms with Crippen LogP contribution < -0.4 is 10.6 Å². The van der Waals surface area contributed by atoms with Gasteiger partial charge >= 0.3 is 0 Å². The number of aromatic nitrogens is 2. The molecule has 1 aromatic carbocycles. The number of hydrogen-bond acceptors (Lipinski definition) is 5. The minimum Gasteiger partial charge on any atom is -0.352 e. The first-order valence-electron chi connectivity index (χ1n) is 7.14.